The quantitative estimate of drug-likeness (QED) is 0.659. The van der Waals surface area contributed by atoms with E-state index < -0.39 is 11.5 Å². The highest BCUT2D eigenvalue weighted by molar-refractivity contribution is 6.31. The number of nitrogens with one attached hydrogen (secondary N) is 1. The third-order valence-corrected chi connectivity index (χ3v) is 5.00. The van der Waals surface area contributed by atoms with E-state index in [4.69, 9.17) is 23.2 Å². The molecule has 2 aromatic rings. The molecule has 0 spiro atoms. The normalized spacial score (nSPS) is 21.8. The van der Waals surface area contributed by atoms with Crippen molar-refractivity contribution in [3.05, 3.63) is 63.6 Å². The molecule has 140 valence electrons. The van der Waals surface area contributed by atoms with Crippen LogP contribution in [0.1, 0.15) is 41.6 Å². The number of hydrogen-bond acceptors (Lipinski definition) is 3. The molecule has 2 aromatic carbocycles. The molecule has 0 saturated heterocycles. The van der Waals surface area contributed by atoms with Crippen LogP contribution < -0.4 is 5.32 Å². The third-order valence-electron chi connectivity index (χ3n) is 4.53. The second-order valence-electron chi connectivity index (χ2n) is 6.72. The summed E-state index contributed by atoms with van der Waals surface area (Å²) in [6.07, 6.45) is 2.31. The first kappa shape index (κ1) is 19.6. The van der Waals surface area contributed by atoms with Gasteiger partial charge in [-0.05, 0) is 55.7 Å². The maximum atomic E-state index is 12.5. The average Bonchev–Trinajstić information content (AvgIpc) is 2.62. The van der Waals surface area contributed by atoms with E-state index in [9.17, 15) is 15.0 Å². The number of halogens is 2. The SMILES string of the molecule is O=C(NC1CCCC(O)(C#Cc2cccc(Cl)c2)C1)c1cc(Cl)ccc1O. The highest BCUT2D eigenvalue weighted by atomic mass is 35.5. The zero-order chi connectivity index (χ0) is 19.4. The van der Waals surface area contributed by atoms with Crippen LogP contribution in [0.2, 0.25) is 10.0 Å². The summed E-state index contributed by atoms with van der Waals surface area (Å²) in [5.41, 5.74) is -0.345. The molecule has 1 aliphatic rings. The molecule has 3 rings (SSSR count). The molecule has 1 amide bonds. The molecule has 0 radical (unpaired) electrons. The zero-order valence-corrected chi connectivity index (χ0v) is 16.0. The van der Waals surface area contributed by atoms with Gasteiger partial charge in [-0.1, -0.05) is 41.1 Å². The molecule has 2 unspecified atom stereocenters. The standard InChI is InChI=1S/C21H19Cl2NO3/c22-15-4-1-3-14(11-15)8-10-21(27)9-2-5-17(13-21)24-20(26)18-12-16(23)6-7-19(18)25/h1,3-4,6-7,11-12,17,25,27H,2,5,9,13H2,(H,24,26). The summed E-state index contributed by atoms with van der Waals surface area (Å²) in [7, 11) is 0. The lowest BCUT2D eigenvalue weighted by atomic mass is 9.82. The van der Waals surface area contributed by atoms with Crippen LogP contribution in [-0.4, -0.2) is 27.8 Å². The minimum Gasteiger partial charge on any atom is -0.507 e. The van der Waals surface area contributed by atoms with E-state index in [1.807, 2.05) is 6.07 Å². The Balaban J connectivity index is 1.70. The van der Waals surface area contributed by atoms with Gasteiger partial charge in [0.15, 0.2) is 0 Å². The number of carbonyl (C=O) groups is 1. The molecule has 0 heterocycles. The van der Waals surface area contributed by atoms with Crippen LogP contribution in [-0.2, 0) is 0 Å². The van der Waals surface area contributed by atoms with Gasteiger partial charge in [0.05, 0.1) is 5.56 Å². The summed E-state index contributed by atoms with van der Waals surface area (Å²) in [5.74, 6) is 5.33. The van der Waals surface area contributed by atoms with Crippen molar-refractivity contribution in [3.63, 3.8) is 0 Å². The van der Waals surface area contributed by atoms with Crippen LogP contribution >= 0.6 is 23.2 Å². The van der Waals surface area contributed by atoms with Crippen molar-refractivity contribution in [1.82, 2.24) is 5.32 Å². The Morgan fingerprint density at radius 1 is 1.19 bits per heavy atom. The minimum absolute atomic E-state index is 0.113. The van der Waals surface area contributed by atoms with Crippen LogP contribution in [0.3, 0.4) is 0 Å². The van der Waals surface area contributed by atoms with Crippen LogP contribution in [0.25, 0.3) is 0 Å². The van der Waals surface area contributed by atoms with Crippen molar-refractivity contribution >= 4 is 29.1 Å². The summed E-state index contributed by atoms with van der Waals surface area (Å²) in [5, 5.41) is 24.5. The first-order valence-electron chi connectivity index (χ1n) is 8.65. The molecule has 27 heavy (non-hydrogen) atoms. The number of benzene rings is 2. The highest BCUT2D eigenvalue weighted by Gasteiger charge is 2.33. The molecular formula is C21H19Cl2NO3. The lowest BCUT2D eigenvalue weighted by Crippen LogP contribution is -2.45. The van der Waals surface area contributed by atoms with Crippen molar-refractivity contribution in [3.8, 4) is 17.6 Å². The van der Waals surface area contributed by atoms with E-state index in [0.717, 1.165) is 18.4 Å². The number of aromatic hydroxyl groups is 1. The fourth-order valence-electron chi connectivity index (χ4n) is 3.20. The Morgan fingerprint density at radius 2 is 1.96 bits per heavy atom. The molecule has 1 fully saturated rings. The van der Waals surface area contributed by atoms with Gasteiger partial charge in [-0.15, -0.1) is 0 Å². The van der Waals surface area contributed by atoms with E-state index in [0.29, 0.717) is 22.9 Å². The molecule has 2 atom stereocenters. The van der Waals surface area contributed by atoms with Gasteiger partial charge >= 0.3 is 0 Å². The topological polar surface area (TPSA) is 69.6 Å². The second-order valence-corrected chi connectivity index (χ2v) is 7.59. The lowest BCUT2D eigenvalue weighted by molar-refractivity contribution is 0.0452. The smallest absolute Gasteiger partial charge is 0.255 e. The van der Waals surface area contributed by atoms with Crippen molar-refractivity contribution in [1.29, 1.82) is 0 Å². The van der Waals surface area contributed by atoms with Gasteiger partial charge in [-0.2, -0.15) is 0 Å². The summed E-state index contributed by atoms with van der Waals surface area (Å²) in [6, 6.07) is 11.2. The van der Waals surface area contributed by atoms with Gasteiger partial charge in [0.25, 0.3) is 5.91 Å². The zero-order valence-electron chi connectivity index (χ0n) is 14.5. The van der Waals surface area contributed by atoms with E-state index in [1.165, 1.54) is 18.2 Å². The molecule has 0 bridgehead atoms. The van der Waals surface area contributed by atoms with Crippen LogP contribution in [0.4, 0.5) is 0 Å². The summed E-state index contributed by atoms with van der Waals surface area (Å²) in [6.45, 7) is 0. The third kappa shape index (κ3) is 5.17. The van der Waals surface area contributed by atoms with Crippen molar-refractivity contribution in [2.24, 2.45) is 0 Å². The summed E-state index contributed by atoms with van der Waals surface area (Å²) >= 11 is 11.9. The van der Waals surface area contributed by atoms with E-state index in [2.05, 4.69) is 17.2 Å². The number of aliphatic hydroxyl groups is 1. The first-order valence-corrected chi connectivity index (χ1v) is 9.41. The van der Waals surface area contributed by atoms with Gasteiger partial charge in [0.2, 0.25) is 0 Å². The monoisotopic (exact) mass is 403 g/mol. The van der Waals surface area contributed by atoms with Crippen molar-refractivity contribution in [2.75, 3.05) is 0 Å². The second kappa shape index (κ2) is 8.22. The lowest BCUT2D eigenvalue weighted by Gasteiger charge is -2.33. The van der Waals surface area contributed by atoms with Gasteiger partial charge in [0.1, 0.15) is 11.4 Å². The Hall–Kier alpha value is -2.19. The predicted molar refractivity (Wildman–Crippen MR) is 106 cm³/mol. The van der Waals surface area contributed by atoms with E-state index in [-0.39, 0.29) is 17.4 Å². The number of phenols is 1. The van der Waals surface area contributed by atoms with E-state index in [1.54, 1.807) is 18.2 Å². The van der Waals surface area contributed by atoms with Crippen molar-refractivity contribution < 1.29 is 15.0 Å². The number of rotatable bonds is 2. The molecule has 0 aliphatic heterocycles. The Bertz CT molecular complexity index is 919. The van der Waals surface area contributed by atoms with Crippen LogP contribution in [0, 0.1) is 11.8 Å². The van der Waals surface area contributed by atoms with Gasteiger partial charge in [0, 0.05) is 28.1 Å². The van der Waals surface area contributed by atoms with Gasteiger partial charge in [-0.3, -0.25) is 4.79 Å². The highest BCUT2D eigenvalue weighted by Crippen LogP contribution is 2.29. The Kier molecular flexibility index (Phi) is 5.96. The number of hydrogen-bond donors (Lipinski definition) is 3. The predicted octanol–water partition coefficient (Wildman–Crippen LogP) is 4.15. The maximum Gasteiger partial charge on any atom is 0.255 e. The maximum absolute atomic E-state index is 12.5. The van der Waals surface area contributed by atoms with Gasteiger partial charge in [-0.25, -0.2) is 0 Å². The molecule has 0 aromatic heterocycles. The molecule has 4 nitrogen and oxygen atoms in total. The Labute approximate surface area is 168 Å². The first-order chi connectivity index (χ1) is 12.8. The van der Waals surface area contributed by atoms with Crippen LogP contribution in [0.5, 0.6) is 5.75 Å². The van der Waals surface area contributed by atoms with Gasteiger partial charge < -0.3 is 15.5 Å². The number of phenolic OH excluding ortho intramolecular Hbond substituents is 1. The molecule has 6 heteroatoms. The van der Waals surface area contributed by atoms with Crippen LogP contribution in [0.15, 0.2) is 42.5 Å². The van der Waals surface area contributed by atoms with Crippen molar-refractivity contribution in [2.45, 2.75) is 37.3 Å². The van der Waals surface area contributed by atoms with E-state index >= 15 is 0 Å². The summed E-state index contributed by atoms with van der Waals surface area (Å²) in [4.78, 5) is 12.5. The number of carbonyl (C=O) groups excluding carboxylic acids is 1. The summed E-state index contributed by atoms with van der Waals surface area (Å²) < 4.78 is 0. The molecular weight excluding hydrogens is 385 g/mol. The minimum atomic E-state index is -1.19. The average molecular weight is 404 g/mol. The molecule has 3 N–H and O–H groups in total. The Morgan fingerprint density at radius 3 is 2.74 bits per heavy atom. The molecule has 1 saturated carbocycles. The molecule has 1 aliphatic carbocycles. The largest absolute Gasteiger partial charge is 0.507 e. The fraction of sp³-hybridized carbons (Fsp3) is 0.286. The fourth-order valence-corrected chi connectivity index (χ4v) is 3.56. The number of amides is 1.